The number of ether oxygens (including phenoxy) is 3. The van der Waals surface area contributed by atoms with Crippen LogP contribution in [0.4, 0.5) is 9.59 Å². The number of β-amino-alcohol motifs (C(OH)–C–C–N with tert-alkyl or cyclic N) is 1. The van der Waals surface area contributed by atoms with Crippen LogP contribution in [0.2, 0.25) is 0 Å². The Kier molecular flexibility index (Phi) is 15.2. The fourth-order valence-electron chi connectivity index (χ4n) is 7.28. The molecule has 0 aromatic rings. The van der Waals surface area contributed by atoms with Crippen LogP contribution in [0.25, 0.3) is 0 Å². The Bertz CT molecular complexity index is 1200. The molecule has 3 aliphatic heterocycles. The molecule has 282 valence electrons. The van der Waals surface area contributed by atoms with Crippen LogP contribution >= 0.6 is 0 Å². The summed E-state index contributed by atoms with van der Waals surface area (Å²) in [4.78, 5) is 44.3. The predicted octanol–water partition coefficient (Wildman–Crippen LogP) is 4.57. The molecule has 3 N–H and O–H groups in total. The second-order valence-electron chi connectivity index (χ2n) is 15.1. The van der Waals surface area contributed by atoms with E-state index in [4.69, 9.17) is 14.2 Å². The maximum absolute atomic E-state index is 13.4. The summed E-state index contributed by atoms with van der Waals surface area (Å²) in [6.07, 6.45) is 13.1. The number of carbonyl (C=O) groups excluding carboxylic acids is 3. The topological polar surface area (TPSA) is 149 Å². The van der Waals surface area contributed by atoms with E-state index >= 15 is 0 Å². The molecule has 0 radical (unpaired) electrons. The maximum Gasteiger partial charge on any atom is 0.410 e. The first-order valence-corrected chi connectivity index (χ1v) is 18.7. The molecule has 0 aromatic carbocycles. The van der Waals surface area contributed by atoms with Crippen molar-refractivity contribution in [1.29, 1.82) is 0 Å². The molecular formula is C38H61N3O9. The zero-order valence-electron chi connectivity index (χ0n) is 30.6. The van der Waals surface area contributed by atoms with Gasteiger partial charge in [0, 0.05) is 57.1 Å². The molecule has 0 unspecified atom stereocenters. The lowest BCUT2D eigenvalue weighted by Crippen LogP contribution is -2.53. The van der Waals surface area contributed by atoms with E-state index in [-0.39, 0.29) is 44.2 Å². The predicted molar refractivity (Wildman–Crippen MR) is 189 cm³/mol. The Hall–Kier alpha value is -2.93. The molecule has 0 bridgehead atoms. The monoisotopic (exact) mass is 703 g/mol. The van der Waals surface area contributed by atoms with Gasteiger partial charge in [-0.15, -0.1) is 0 Å². The van der Waals surface area contributed by atoms with Gasteiger partial charge in [0.05, 0.1) is 25.2 Å². The van der Waals surface area contributed by atoms with Gasteiger partial charge in [-0.25, -0.2) is 9.59 Å². The minimum absolute atomic E-state index is 0.0840. The van der Waals surface area contributed by atoms with E-state index in [2.05, 4.69) is 4.90 Å². The summed E-state index contributed by atoms with van der Waals surface area (Å²) in [5.41, 5.74) is -0.726. The van der Waals surface area contributed by atoms with Crippen LogP contribution in [0.15, 0.2) is 36.0 Å². The second kappa shape index (κ2) is 19.1. The van der Waals surface area contributed by atoms with E-state index in [0.29, 0.717) is 32.1 Å². The molecule has 12 heteroatoms. The average Bonchev–Trinajstić information content (AvgIpc) is 3.34. The number of hydrogen-bond donors (Lipinski definition) is 3. The van der Waals surface area contributed by atoms with E-state index in [9.17, 15) is 29.7 Å². The molecule has 7 atom stereocenters. The molecule has 1 aliphatic carbocycles. The fraction of sp³-hybridized carbons (Fsp3) is 0.763. The van der Waals surface area contributed by atoms with Gasteiger partial charge in [0.2, 0.25) is 0 Å². The molecule has 4 rings (SSSR count). The highest BCUT2D eigenvalue weighted by molar-refractivity contribution is 5.70. The van der Waals surface area contributed by atoms with E-state index in [1.807, 2.05) is 45.1 Å². The van der Waals surface area contributed by atoms with E-state index in [1.165, 1.54) is 43.4 Å². The average molecular weight is 704 g/mol. The Labute approximate surface area is 298 Å². The Morgan fingerprint density at radius 3 is 2.34 bits per heavy atom. The largest absolute Gasteiger partial charge is 0.457 e. The first-order valence-electron chi connectivity index (χ1n) is 18.7. The normalized spacial score (nSPS) is 32.8. The van der Waals surface area contributed by atoms with Crippen LogP contribution in [0, 0.1) is 11.8 Å². The number of amides is 2. The van der Waals surface area contributed by atoms with E-state index in [0.717, 1.165) is 18.7 Å². The lowest BCUT2D eigenvalue weighted by atomic mass is 9.89. The maximum atomic E-state index is 13.4. The Balaban J connectivity index is 1.39. The van der Waals surface area contributed by atoms with Gasteiger partial charge in [0.25, 0.3) is 0 Å². The van der Waals surface area contributed by atoms with Crippen molar-refractivity contribution in [3.8, 4) is 0 Å². The highest BCUT2D eigenvalue weighted by Gasteiger charge is 2.37. The number of allylic oxidation sites excluding steroid dienone is 2. The first kappa shape index (κ1) is 39.8. The number of esters is 1. The molecular weight excluding hydrogens is 642 g/mol. The van der Waals surface area contributed by atoms with Crippen molar-refractivity contribution in [1.82, 2.24) is 14.7 Å². The summed E-state index contributed by atoms with van der Waals surface area (Å²) in [6.45, 7) is 10.9. The SMILES string of the molecule is C/C(=C\C=C\[C@@H](C)COC(=O)N1CC[C@@H](O)C1)[C@H]1OC(=O)C[C@H](O)CC[C@@](C)(O)[C@@H](OC(=O)N2CCN(C3CCCCCC3)CC2)/C=C\[C@@H]1C. The number of aliphatic hydroxyl groups is 3. The van der Waals surface area contributed by atoms with Crippen molar-refractivity contribution >= 4 is 18.2 Å². The number of carbonyl (C=O) groups is 3. The first-order chi connectivity index (χ1) is 23.8. The second-order valence-corrected chi connectivity index (χ2v) is 15.1. The molecule has 4 aliphatic rings. The van der Waals surface area contributed by atoms with Crippen LogP contribution in [-0.4, -0.2) is 130 Å². The third kappa shape index (κ3) is 12.1. The number of rotatable bonds is 7. The standard InChI is InChI=1S/C38H61N3O9/c1-27(26-48-36(45)41-19-17-32(43)25-41)10-9-11-28(2)35-29(3)14-15-33(38(4,47)18-16-31(42)24-34(44)50-35)49-37(46)40-22-20-39(21-23-40)30-12-7-5-6-8-13-30/h9-11,14-15,27,29-33,35,42-43,47H,5-8,12-13,16-26H2,1-4H3/b10-9+,15-14-,28-11+/t27-,29+,31-,32-,33+,35-,38-/m1/s1. The van der Waals surface area contributed by atoms with Gasteiger partial charge in [-0.3, -0.25) is 9.69 Å². The number of aliphatic hydroxyl groups excluding tert-OH is 2. The third-order valence-electron chi connectivity index (χ3n) is 10.6. The minimum Gasteiger partial charge on any atom is -0.457 e. The van der Waals surface area contributed by atoms with Gasteiger partial charge in [0.15, 0.2) is 6.10 Å². The van der Waals surface area contributed by atoms with Crippen molar-refractivity contribution in [2.45, 2.75) is 128 Å². The van der Waals surface area contributed by atoms with Crippen LogP contribution in [0.1, 0.15) is 91.9 Å². The number of piperazine rings is 1. The van der Waals surface area contributed by atoms with Crippen molar-refractivity contribution in [2.75, 3.05) is 45.9 Å². The van der Waals surface area contributed by atoms with Crippen molar-refractivity contribution in [2.24, 2.45) is 11.8 Å². The van der Waals surface area contributed by atoms with Gasteiger partial charge in [-0.2, -0.15) is 0 Å². The quantitative estimate of drug-likeness (QED) is 0.113. The van der Waals surface area contributed by atoms with Crippen LogP contribution in [0.5, 0.6) is 0 Å². The summed E-state index contributed by atoms with van der Waals surface area (Å²) < 4.78 is 17.3. The third-order valence-corrected chi connectivity index (χ3v) is 10.6. The number of nitrogens with zero attached hydrogens (tertiary/aromatic N) is 3. The smallest absolute Gasteiger partial charge is 0.410 e. The van der Waals surface area contributed by atoms with Gasteiger partial charge < -0.3 is 39.3 Å². The molecule has 0 spiro atoms. The molecule has 3 fully saturated rings. The summed E-state index contributed by atoms with van der Waals surface area (Å²) in [6, 6.07) is 0.581. The molecule has 12 nitrogen and oxygen atoms in total. The van der Waals surface area contributed by atoms with Gasteiger partial charge >= 0.3 is 18.2 Å². The number of hydrogen-bond acceptors (Lipinski definition) is 10. The zero-order valence-corrected chi connectivity index (χ0v) is 30.6. The highest BCUT2D eigenvalue weighted by atomic mass is 16.6. The minimum atomic E-state index is -1.48. The zero-order chi connectivity index (χ0) is 36.3. The summed E-state index contributed by atoms with van der Waals surface area (Å²) in [5, 5.41) is 31.8. The van der Waals surface area contributed by atoms with E-state index in [1.54, 1.807) is 17.9 Å². The summed E-state index contributed by atoms with van der Waals surface area (Å²) >= 11 is 0. The van der Waals surface area contributed by atoms with Crippen molar-refractivity contribution < 1.29 is 43.9 Å². The number of likely N-dealkylation sites (tertiary alicyclic amines) is 1. The summed E-state index contributed by atoms with van der Waals surface area (Å²) in [7, 11) is 0. The molecule has 1 saturated carbocycles. The fourth-order valence-corrected chi connectivity index (χ4v) is 7.28. The lowest BCUT2D eigenvalue weighted by Gasteiger charge is -2.40. The highest BCUT2D eigenvalue weighted by Crippen LogP contribution is 2.28. The van der Waals surface area contributed by atoms with Crippen molar-refractivity contribution in [3.63, 3.8) is 0 Å². The van der Waals surface area contributed by atoms with Crippen LogP contribution in [0.3, 0.4) is 0 Å². The van der Waals surface area contributed by atoms with E-state index < -0.39 is 48.2 Å². The molecule has 2 amide bonds. The van der Waals surface area contributed by atoms with Gasteiger partial charge in [0.1, 0.15) is 11.7 Å². The van der Waals surface area contributed by atoms with Gasteiger partial charge in [-0.1, -0.05) is 63.8 Å². The lowest BCUT2D eigenvalue weighted by molar-refractivity contribution is -0.151. The van der Waals surface area contributed by atoms with Crippen LogP contribution < -0.4 is 0 Å². The molecule has 0 aromatic heterocycles. The molecule has 3 heterocycles. The molecule has 50 heavy (non-hydrogen) atoms. The summed E-state index contributed by atoms with van der Waals surface area (Å²) in [5.74, 6) is -0.980. The number of cyclic esters (lactones) is 1. The van der Waals surface area contributed by atoms with Crippen molar-refractivity contribution in [3.05, 3.63) is 36.0 Å². The molecule has 2 saturated heterocycles. The van der Waals surface area contributed by atoms with Crippen LogP contribution in [-0.2, 0) is 19.0 Å². The Morgan fingerprint density at radius 2 is 1.68 bits per heavy atom. The Morgan fingerprint density at radius 1 is 0.980 bits per heavy atom. The van der Waals surface area contributed by atoms with Gasteiger partial charge in [-0.05, 0) is 57.6 Å².